The lowest BCUT2D eigenvalue weighted by Crippen LogP contribution is -2.31. The summed E-state index contributed by atoms with van der Waals surface area (Å²) in [5, 5.41) is 11.8. The normalized spacial score (nSPS) is 21.1. The lowest BCUT2D eigenvalue weighted by atomic mass is 10.0. The Labute approximate surface area is 89.7 Å². The zero-order valence-electron chi connectivity index (χ0n) is 8.98. The van der Waals surface area contributed by atoms with Crippen molar-refractivity contribution < 1.29 is 5.11 Å². The van der Waals surface area contributed by atoms with E-state index >= 15 is 0 Å². The molecular weight excluding hydrogens is 186 g/mol. The predicted molar refractivity (Wildman–Crippen MR) is 62.6 cm³/mol. The zero-order valence-corrected chi connectivity index (χ0v) is 8.98. The molecule has 0 heterocycles. The van der Waals surface area contributed by atoms with E-state index in [2.05, 4.69) is 24.3 Å². The molecule has 0 spiro atoms. The number of aliphatic hydroxyl groups excluding tert-OH is 1. The highest BCUT2D eigenvalue weighted by Gasteiger charge is 2.04. The fourth-order valence-electron chi connectivity index (χ4n) is 1.97. The predicted octanol–water partition coefficient (Wildman–Crippen LogP) is -0.0981. The molecule has 1 aromatic carbocycles. The van der Waals surface area contributed by atoms with Gasteiger partial charge in [-0.25, -0.2) is 0 Å². The third kappa shape index (κ3) is 2.46. The molecule has 0 bridgehead atoms. The minimum absolute atomic E-state index is 0.196. The van der Waals surface area contributed by atoms with Crippen molar-refractivity contribution in [1.82, 2.24) is 0 Å². The second kappa shape index (κ2) is 4.17. The molecule has 0 radical (unpaired) electrons. The van der Waals surface area contributed by atoms with Gasteiger partial charge in [-0.1, -0.05) is 24.3 Å². The van der Waals surface area contributed by atoms with Gasteiger partial charge in [-0.05, 0) is 41.8 Å². The summed E-state index contributed by atoms with van der Waals surface area (Å²) in [6.07, 6.45) is 5.30. The summed E-state index contributed by atoms with van der Waals surface area (Å²) in [6.45, 7) is 2.01. The molecule has 80 valence electrons. The van der Waals surface area contributed by atoms with Gasteiger partial charge in [0.05, 0.1) is 6.10 Å². The van der Waals surface area contributed by atoms with Crippen LogP contribution in [0.5, 0.6) is 0 Å². The van der Waals surface area contributed by atoms with E-state index in [1.165, 1.54) is 10.8 Å². The number of aliphatic hydroxyl groups is 1. The number of nitrogens with two attached hydrogens (primary N) is 1. The van der Waals surface area contributed by atoms with Gasteiger partial charge in [0.2, 0.25) is 0 Å². The van der Waals surface area contributed by atoms with Crippen LogP contribution in [0.3, 0.4) is 0 Å². The Morgan fingerprint density at radius 1 is 1.47 bits per heavy atom. The summed E-state index contributed by atoms with van der Waals surface area (Å²) < 4.78 is 0. The minimum Gasteiger partial charge on any atom is -0.389 e. The van der Waals surface area contributed by atoms with Crippen molar-refractivity contribution >= 4 is 12.2 Å². The van der Waals surface area contributed by atoms with Crippen LogP contribution in [-0.4, -0.2) is 17.3 Å². The highest BCUT2D eigenvalue weighted by molar-refractivity contribution is 5.42. The third-order valence-corrected chi connectivity index (χ3v) is 2.66. The molecule has 2 rings (SSSR count). The summed E-state index contributed by atoms with van der Waals surface area (Å²) in [5.74, 6) is 0. The first-order chi connectivity index (χ1) is 7.15. The fraction of sp³-hybridized carbons (Fsp3) is 0.385. The molecule has 0 saturated heterocycles. The second-order valence-corrected chi connectivity index (χ2v) is 4.32. The molecule has 0 saturated carbocycles. The van der Waals surface area contributed by atoms with E-state index < -0.39 is 0 Å². The summed E-state index contributed by atoms with van der Waals surface area (Å²) in [4.78, 5) is 0. The van der Waals surface area contributed by atoms with Gasteiger partial charge in [-0.3, -0.25) is 0 Å². The van der Waals surface area contributed by atoms with Crippen molar-refractivity contribution in [3.8, 4) is 0 Å². The van der Waals surface area contributed by atoms with Gasteiger partial charge >= 0.3 is 0 Å². The topological polar surface area (TPSA) is 46.2 Å². The first kappa shape index (κ1) is 10.4. The Morgan fingerprint density at radius 2 is 2.27 bits per heavy atom. The van der Waals surface area contributed by atoms with Gasteiger partial charge in [-0.2, -0.15) is 0 Å². The van der Waals surface area contributed by atoms with Crippen molar-refractivity contribution in [2.75, 3.05) is 0 Å². The first-order valence-corrected chi connectivity index (χ1v) is 5.40. The number of rotatable bonds is 2. The number of fused-ring (bicyclic) bond motifs is 1. The van der Waals surface area contributed by atoms with E-state index in [0.29, 0.717) is 6.42 Å². The van der Waals surface area contributed by atoms with Crippen molar-refractivity contribution in [3.05, 3.63) is 34.2 Å². The van der Waals surface area contributed by atoms with Crippen LogP contribution >= 0.6 is 0 Å². The average Bonchev–Trinajstić information content (AvgIpc) is 2.17. The maximum Gasteiger partial charge on any atom is 0.0764 e. The first-order valence-electron chi connectivity index (χ1n) is 5.40. The van der Waals surface area contributed by atoms with Crippen LogP contribution in [-0.2, 0) is 6.42 Å². The monoisotopic (exact) mass is 203 g/mol. The third-order valence-electron chi connectivity index (χ3n) is 2.66. The fourth-order valence-corrected chi connectivity index (χ4v) is 1.97. The molecule has 0 aliphatic heterocycles. The van der Waals surface area contributed by atoms with E-state index in [9.17, 15) is 5.11 Å². The Balaban J connectivity index is 2.40. The van der Waals surface area contributed by atoms with Gasteiger partial charge < -0.3 is 10.8 Å². The molecule has 2 unspecified atom stereocenters. The van der Waals surface area contributed by atoms with Crippen LogP contribution in [0.1, 0.15) is 18.9 Å². The lowest BCUT2D eigenvalue weighted by molar-refractivity contribution is 0.244. The van der Waals surface area contributed by atoms with Crippen LogP contribution in [0, 0.1) is 0 Å². The molecule has 2 heteroatoms. The minimum atomic E-state index is -0.322. The highest BCUT2D eigenvalue weighted by Crippen LogP contribution is 2.01. The number of benzene rings is 1. The van der Waals surface area contributed by atoms with Gasteiger partial charge in [0.1, 0.15) is 0 Å². The van der Waals surface area contributed by atoms with Crippen molar-refractivity contribution in [3.63, 3.8) is 0 Å². The Hall–Kier alpha value is -1.12. The zero-order chi connectivity index (χ0) is 10.8. The molecule has 0 fully saturated rings. The molecule has 0 amide bonds. The van der Waals surface area contributed by atoms with Crippen LogP contribution in [0.15, 0.2) is 18.2 Å². The molecule has 2 atom stereocenters. The summed E-state index contributed by atoms with van der Waals surface area (Å²) in [6, 6.07) is 6.51. The van der Waals surface area contributed by atoms with Gasteiger partial charge in [0, 0.05) is 6.04 Å². The van der Waals surface area contributed by atoms with E-state index in [1.54, 1.807) is 0 Å². The smallest absolute Gasteiger partial charge is 0.0764 e. The summed E-state index contributed by atoms with van der Waals surface area (Å²) in [7, 11) is 0. The van der Waals surface area contributed by atoms with Crippen molar-refractivity contribution in [2.24, 2.45) is 5.73 Å². The van der Waals surface area contributed by atoms with Gasteiger partial charge in [-0.15, -0.1) is 0 Å². The van der Waals surface area contributed by atoms with E-state index in [-0.39, 0.29) is 12.1 Å². The molecular formula is C13H17NO. The van der Waals surface area contributed by atoms with Crippen LogP contribution in [0.2, 0.25) is 0 Å². The Bertz CT molecular complexity index is 462. The standard InChI is InChI=1S/C13H17NO/c1-9(14)6-10-2-3-12-8-13(15)5-4-11(12)7-10/h2-4,7-9,13,15H,5-6,14H2,1H3. The number of hydrogen-bond donors (Lipinski definition) is 2. The van der Waals surface area contributed by atoms with Gasteiger partial charge in [0.25, 0.3) is 0 Å². The molecule has 1 aliphatic carbocycles. The van der Waals surface area contributed by atoms with Crippen molar-refractivity contribution in [1.29, 1.82) is 0 Å². The molecule has 1 aliphatic rings. The summed E-state index contributed by atoms with van der Waals surface area (Å²) >= 11 is 0. The Morgan fingerprint density at radius 3 is 3.00 bits per heavy atom. The molecule has 0 aromatic heterocycles. The molecule has 15 heavy (non-hydrogen) atoms. The second-order valence-electron chi connectivity index (χ2n) is 4.32. The average molecular weight is 203 g/mol. The quantitative estimate of drug-likeness (QED) is 0.705. The number of hydrogen-bond acceptors (Lipinski definition) is 2. The van der Waals surface area contributed by atoms with E-state index in [4.69, 9.17) is 5.73 Å². The lowest BCUT2D eigenvalue weighted by Gasteiger charge is -2.09. The summed E-state index contributed by atoms with van der Waals surface area (Å²) in [5.41, 5.74) is 7.03. The maximum atomic E-state index is 9.46. The van der Waals surface area contributed by atoms with E-state index in [1.807, 2.05) is 13.0 Å². The molecule has 3 N–H and O–H groups in total. The SMILES string of the molecule is CC(N)Cc1ccc2c(c1)=CCC(O)C=2. The highest BCUT2D eigenvalue weighted by atomic mass is 16.3. The van der Waals surface area contributed by atoms with E-state index in [0.717, 1.165) is 11.6 Å². The van der Waals surface area contributed by atoms with Crippen LogP contribution in [0.4, 0.5) is 0 Å². The Kier molecular flexibility index (Phi) is 2.89. The molecule has 2 nitrogen and oxygen atoms in total. The van der Waals surface area contributed by atoms with Gasteiger partial charge in [0.15, 0.2) is 0 Å². The maximum absolute atomic E-state index is 9.46. The van der Waals surface area contributed by atoms with Crippen molar-refractivity contribution in [2.45, 2.75) is 31.9 Å². The molecule has 1 aromatic rings. The largest absolute Gasteiger partial charge is 0.389 e. The van der Waals surface area contributed by atoms with Crippen LogP contribution in [0.25, 0.3) is 12.2 Å². The van der Waals surface area contributed by atoms with Crippen LogP contribution < -0.4 is 16.2 Å².